The summed E-state index contributed by atoms with van der Waals surface area (Å²) in [5.74, 6) is 0. The van der Waals surface area contributed by atoms with E-state index in [0.717, 1.165) is 37.0 Å². The van der Waals surface area contributed by atoms with Crippen LogP contribution < -0.4 is 11.1 Å². The molecule has 1 aromatic rings. The van der Waals surface area contributed by atoms with Gasteiger partial charge in [-0.1, -0.05) is 0 Å². The van der Waals surface area contributed by atoms with Gasteiger partial charge in [0, 0.05) is 18.8 Å². The van der Waals surface area contributed by atoms with Crippen LogP contribution in [-0.2, 0) is 9.84 Å². The summed E-state index contributed by atoms with van der Waals surface area (Å²) in [4.78, 5) is 2.54. The van der Waals surface area contributed by atoms with E-state index < -0.39 is 9.84 Å². The molecular formula is C12H18N4O2S2. The third-order valence-corrected chi connectivity index (χ3v) is 5.90. The number of nitrogens with zero attached hydrogens (tertiary/aromatic N) is 2. The number of hydrogen-bond donors (Lipinski definition) is 2. The Morgan fingerprint density at radius 1 is 1.60 bits per heavy atom. The van der Waals surface area contributed by atoms with Crippen molar-refractivity contribution in [3.63, 3.8) is 0 Å². The second kappa shape index (κ2) is 5.60. The summed E-state index contributed by atoms with van der Waals surface area (Å²) in [5, 5.41) is 12.6. The van der Waals surface area contributed by atoms with Gasteiger partial charge in [0.25, 0.3) is 0 Å². The second-order valence-electron chi connectivity index (χ2n) is 5.04. The van der Waals surface area contributed by atoms with Gasteiger partial charge in [-0.05, 0) is 26.4 Å². The lowest BCUT2D eigenvalue weighted by molar-refractivity contribution is 0.322. The lowest BCUT2D eigenvalue weighted by Gasteiger charge is -2.20. The second-order valence-corrected chi connectivity index (χ2v) is 8.02. The molecule has 0 bridgehead atoms. The van der Waals surface area contributed by atoms with Gasteiger partial charge < -0.3 is 16.0 Å². The number of likely N-dealkylation sites (N-methyl/N-ethyl adjacent to an activating group) is 1. The molecule has 1 fully saturated rings. The molecule has 0 amide bonds. The van der Waals surface area contributed by atoms with Gasteiger partial charge in [0.15, 0.2) is 9.84 Å². The molecule has 6 nitrogen and oxygen atoms in total. The Balaban J connectivity index is 2.25. The van der Waals surface area contributed by atoms with Crippen LogP contribution in [0.1, 0.15) is 17.7 Å². The van der Waals surface area contributed by atoms with Crippen LogP contribution in [-0.4, -0.2) is 45.8 Å². The molecule has 2 heterocycles. The summed E-state index contributed by atoms with van der Waals surface area (Å²) < 4.78 is 23.7. The van der Waals surface area contributed by atoms with Crippen molar-refractivity contribution in [3.05, 3.63) is 4.88 Å². The molecule has 2 rings (SSSR count). The maximum Gasteiger partial charge on any atom is 0.180 e. The molecule has 3 N–H and O–H groups in total. The van der Waals surface area contributed by atoms with E-state index >= 15 is 0 Å². The molecule has 1 saturated heterocycles. The highest BCUT2D eigenvalue weighted by Gasteiger charge is 2.26. The number of thiophene rings is 1. The van der Waals surface area contributed by atoms with Crippen LogP contribution in [0.25, 0.3) is 0 Å². The van der Waals surface area contributed by atoms with E-state index in [0.29, 0.717) is 17.6 Å². The van der Waals surface area contributed by atoms with Gasteiger partial charge in [-0.15, -0.1) is 11.3 Å². The number of rotatable bonds is 4. The molecule has 1 aliphatic heterocycles. The minimum Gasteiger partial charge on any atom is -0.396 e. The van der Waals surface area contributed by atoms with Crippen molar-refractivity contribution < 1.29 is 8.42 Å². The van der Waals surface area contributed by atoms with Crippen LogP contribution in [0.15, 0.2) is 4.90 Å². The number of nitrogen functional groups attached to an aromatic ring is 1. The van der Waals surface area contributed by atoms with Crippen LogP contribution in [0.2, 0.25) is 0 Å². The third kappa shape index (κ3) is 2.90. The topological polar surface area (TPSA) is 99.2 Å². The van der Waals surface area contributed by atoms with Crippen molar-refractivity contribution in [3.8, 4) is 6.07 Å². The Kier molecular flexibility index (Phi) is 4.22. The van der Waals surface area contributed by atoms with E-state index in [1.807, 2.05) is 6.07 Å². The van der Waals surface area contributed by atoms with Crippen LogP contribution in [0, 0.1) is 11.3 Å². The summed E-state index contributed by atoms with van der Waals surface area (Å²) in [6.45, 7) is 1.71. The van der Waals surface area contributed by atoms with E-state index in [4.69, 9.17) is 11.0 Å². The number of anilines is 2. The van der Waals surface area contributed by atoms with E-state index in [-0.39, 0.29) is 15.5 Å². The lowest BCUT2D eigenvalue weighted by Crippen LogP contribution is -2.31. The van der Waals surface area contributed by atoms with E-state index in [1.165, 1.54) is 0 Å². The Hall–Kier alpha value is -1.30. The molecule has 1 aliphatic rings. The quantitative estimate of drug-likeness (QED) is 0.863. The Bertz CT molecular complexity index is 645. The molecule has 0 radical (unpaired) electrons. The van der Waals surface area contributed by atoms with Crippen molar-refractivity contribution in [1.82, 2.24) is 4.90 Å². The lowest BCUT2D eigenvalue weighted by atomic mass is 10.2. The summed E-state index contributed by atoms with van der Waals surface area (Å²) in [6, 6.07) is 2.33. The van der Waals surface area contributed by atoms with Gasteiger partial charge in [-0.25, -0.2) is 8.42 Å². The standard InChI is InChI=1S/C12H18N4O2S2/c1-16-5-3-4-8(16)7-15-12-11(20(2,17)18)10(14)9(6-13)19-12/h8,15H,3-5,7,14H2,1-2H3. The molecule has 0 saturated carbocycles. The Labute approximate surface area is 123 Å². The SMILES string of the molecule is CN1CCCC1CNc1sc(C#N)c(N)c1S(C)(=O)=O. The van der Waals surface area contributed by atoms with Gasteiger partial charge >= 0.3 is 0 Å². The fraction of sp³-hybridized carbons (Fsp3) is 0.583. The van der Waals surface area contributed by atoms with Gasteiger partial charge in [0.05, 0.1) is 5.69 Å². The molecule has 8 heteroatoms. The number of hydrogen-bond acceptors (Lipinski definition) is 7. The molecule has 20 heavy (non-hydrogen) atoms. The normalized spacial score (nSPS) is 19.9. The third-order valence-electron chi connectivity index (χ3n) is 3.54. The van der Waals surface area contributed by atoms with Crippen LogP contribution in [0.5, 0.6) is 0 Å². The van der Waals surface area contributed by atoms with E-state index in [2.05, 4.69) is 17.3 Å². The molecule has 1 aromatic heterocycles. The van der Waals surface area contributed by atoms with E-state index in [1.54, 1.807) is 0 Å². The maximum atomic E-state index is 11.8. The zero-order valence-corrected chi connectivity index (χ0v) is 13.1. The summed E-state index contributed by atoms with van der Waals surface area (Å²) in [6.07, 6.45) is 3.35. The van der Waals surface area contributed by atoms with Gasteiger partial charge in [0.1, 0.15) is 20.8 Å². The van der Waals surface area contributed by atoms with Gasteiger partial charge in [0.2, 0.25) is 0 Å². The van der Waals surface area contributed by atoms with Crippen molar-refractivity contribution in [2.24, 2.45) is 0 Å². The van der Waals surface area contributed by atoms with Crippen molar-refractivity contribution in [2.75, 3.05) is 37.4 Å². The zero-order chi connectivity index (χ0) is 14.9. The highest BCUT2D eigenvalue weighted by atomic mass is 32.2. The predicted molar refractivity (Wildman–Crippen MR) is 80.7 cm³/mol. The van der Waals surface area contributed by atoms with Gasteiger partial charge in [-0.2, -0.15) is 5.26 Å². The number of sulfone groups is 1. The molecule has 110 valence electrons. The number of nitrogens with two attached hydrogens (primary N) is 1. The van der Waals surface area contributed by atoms with E-state index in [9.17, 15) is 8.42 Å². The van der Waals surface area contributed by atoms with Gasteiger partial charge in [-0.3, -0.25) is 0 Å². The van der Waals surface area contributed by atoms with Crippen LogP contribution in [0.4, 0.5) is 10.7 Å². The summed E-state index contributed by atoms with van der Waals surface area (Å²) in [7, 11) is -1.40. The average molecular weight is 314 g/mol. The number of nitrogens with one attached hydrogen (secondary N) is 1. The minimum absolute atomic E-state index is 0.0553. The Morgan fingerprint density at radius 3 is 2.80 bits per heavy atom. The molecule has 1 atom stereocenters. The van der Waals surface area contributed by atoms with Crippen LogP contribution >= 0.6 is 11.3 Å². The first kappa shape index (κ1) is 15.1. The largest absolute Gasteiger partial charge is 0.396 e. The maximum absolute atomic E-state index is 11.8. The average Bonchev–Trinajstić information content (AvgIpc) is 2.89. The smallest absolute Gasteiger partial charge is 0.180 e. The van der Waals surface area contributed by atoms with Crippen LogP contribution in [0.3, 0.4) is 0 Å². The first-order chi connectivity index (χ1) is 9.34. The van der Waals surface area contributed by atoms with Crippen molar-refractivity contribution >= 4 is 31.9 Å². The molecule has 0 aromatic carbocycles. The number of likely N-dealkylation sites (tertiary alicyclic amines) is 1. The van der Waals surface area contributed by atoms with Crippen molar-refractivity contribution in [1.29, 1.82) is 5.26 Å². The highest BCUT2D eigenvalue weighted by molar-refractivity contribution is 7.91. The predicted octanol–water partition coefficient (Wildman–Crippen LogP) is 1.11. The molecule has 1 unspecified atom stereocenters. The first-order valence-electron chi connectivity index (χ1n) is 6.31. The summed E-state index contributed by atoms with van der Waals surface area (Å²) in [5.41, 5.74) is 5.83. The fourth-order valence-electron chi connectivity index (χ4n) is 2.44. The summed E-state index contributed by atoms with van der Waals surface area (Å²) >= 11 is 1.10. The molecule has 0 aliphatic carbocycles. The fourth-order valence-corrected chi connectivity index (χ4v) is 4.82. The minimum atomic E-state index is -3.45. The first-order valence-corrected chi connectivity index (χ1v) is 9.02. The molecular weight excluding hydrogens is 296 g/mol. The molecule has 0 spiro atoms. The Morgan fingerprint density at radius 2 is 2.30 bits per heavy atom. The highest BCUT2D eigenvalue weighted by Crippen LogP contribution is 2.38. The number of nitriles is 1. The monoisotopic (exact) mass is 314 g/mol. The zero-order valence-electron chi connectivity index (χ0n) is 11.5. The van der Waals surface area contributed by atoms with Crippen molar-refractivity contribution in [2.45, 2.75) is 23.8 Å².